The number of ketones is 1. The number of amides is 1. The van der Waals surface area contributed by atoms with Crippen LogP contribution in [-0.2, 0) is 11.2 Å². The zero-order valence-electron chi connectivity index (χ0n) is 21.1. The second kappa shape index (κ2) is 9.97. The van der Waals surface area contributed by atoms with Crippen molar-refractivity contribution in [1.29, 1.82) is 0 Å². The van der Waals surface area contributed by atoms with Gasteiger partial charge in [0.25, 0.3) is 5.91 Å². The van der Waals surface area contributed by atoms with Crippen molar-refractivity contribution in [2.45, 2.75) is 33.2 Å². The van der Waals surface area contributed by atoms with Gasteiger partial charge in [-0.2, -0.15) is 0 Å². The Hall–Kier alpha value is -3.93. The fourth-order valence-electron chi connectivity index (χ4n) is 5.05. The van der Waals surface area contributed by atoms with Gasteiger partial charge in [-0.05, 0) is 62.2 Å². The number of Topliss-reactive ketones (excluding diaryl/α,β-unsaturated/α-hetero) is 1. The van der Waals surface area contributed by atoms with Gasteiger partial charge in [-0.15, -0.1) is 0 Å². The van der Waals surface area contributed by atoms with Gasteiger partial charge >= 0.3 is 0 Å². The lowest BCUT2D eigenvalue weighted by Gasteiger charge is -2.39. The van der Waals surface area contributed by atoms with Gasteiger partial charge in [0.05, 0.1) is 5.69 Å². The van der Waals surface area contributed by atoms with Gasteiger partial charge in [-0.1, -0.05) is 48.0 Å². The van der Waals surface area contributed by atoms with E-state index < -0.39 is 6.04 Å². The smallest absolute Gasteiger partial charge is 0.259 e. The number of anilines is 2. The van der Waals surface area contributed by atoms with Gasteiger partial charge in [0.2, 0.25) is 5.96 Å². The lowest BCUT2D eigenvalue weighted by molar-refractivity contribution is -0.118. The molecule has 6 nitrogen and oxygen atoms in total. The second-order valence-electron chi connectivity index (χ2n) is 9.68. The summed E-state index contributed by atoms with van der Waals surface area (Å²) in [6.07, 6.45) is 0.590. The highest BCUT2D eigenvalue weighted by Crippen LogP contribution is 2.29. The fourth-order valence-corrected chi connectivity index (χ4v) is 5.05. The number of rotatable bonds is 5. The van der Waals surface area contributed by atoms with Gasteiger partial charge in [-0.25, -0.2) is 9.89 Å². The highest BCUT2D eigenvalue weighted by molar-refractivity contribution is 6.22. The summed E-state index contributed by atoms with van der Waals surface area (Å²) >= 11 is 0. The lowest BCUT2D eigenvalue weighted by Crippen LogP contribution is -2.53. The molecule has 0 aliphatic carbocycles. The van der Waals surface area contributed by atoms with Gasteiger partial charge in [-0.3, -0.25) is 9.59 Å². The largest absolute Gasteiger partial charge is 0.368 e. The van der Waals surface area contributed by atoms with E-state index in [1.165, 1.54) is 5.56 Å². The van der Waals surface area contributed by atoms with Crippen LogP contribution in [-0.4, -0.2) is 54.8 Å². The highest BCUT2D eigenvalue weighted by atomic mass is 16.2. The molecule has 6 heteroatoms. The Morgan fingerprint density at radius 1 is 0.889 bits per heavy atom. The topological polar surface area (TPSA) is 56.2 Å². The number of aryl methyl sites for hydroxylation is 2. The number of aliphatic imine (C=N–C) groups is 1. The van der Waals surface area contributed by atoms with Crippen molar-refractivity contribution in [3.05, 3.63) is 95.1 Å². The molecule has 5 rings (SSSR count). The normalized spacial score (nSPS) is 18.0. The van der Waals surface area contributed by atoms with E-state index in [1.54, 1.807) is 6.92 Å². The van der Waals surface area contributed by atoms with Crippen molar-refractivity contribution in [2.75, 3.05) is 36.0 Å². The first-order valence-electron chi connectivity index (χ1n) is 12.5. The van der Waals surface area contributed by atoms with E-state index in [1.807, 2.05) is 53.4 Å². The molecule has 1 amide bonds. The third kappa shape index (κ3) is 4.76. The van der Waals surface area contributed by atoms with Crippen LogP contribution < -0.4 is 9.80 Å². The molecular weight excluding hydrogens is 448 g/mol. The van der Waals surface area contributed by atoms with Crippen molar-refractivity contribution in [1.82, 2.24) is 4.90 Å². The number of hydrogen-bond acceptors (Lipinski definition) is 5. The monoisotopic (exact) mass is 480 g/mol. The van der Waals surface area contributed by atoms with Gasteiger partial charge in [0.15, 0.2) is 5.78 Å². The molecule has 0 spiro atoms. The van der Waals surface area contributed by atoms with Crippen LogP contribution in [0.25, 0.3) is 0 Å². The lowest BCUT2D eigenvalue weighted by atomic mass is 10.1. The molecule has 2 heterocycles. The SMILES string of the molecule is CC(=O)c1ccc(N2CCN(C3=NC(Cc4ccccc4)C(=O)N3c3ccc(C)cc3C)CC2)cc1. The first kappa shape index (κ1) is 23.8. The van der Waals surface area contributed by atoms with Crippen molar-refractivity contribution in [3.63, 3.8) is 0 Å². The maximum Gasteiger partial charge on any atom is 0.259 e. The molecule has 1 unspecified atom stereocenters. The number of carbonyl (C=O) groups is 2. The first-order valence-corrected chi connectivity index (χ1v) is 12.5. The highest BCUT2D eigenvalue weighted by Gasteiger charge is 2.39. The van der Waals surface area contributed by atoms with Gasteiger partial charge < -0.3 is 9.80 Å². The maximum absolute atomic E-state index is 13.7. The molecular formula is C30H32N4O2. The Bertz CT molecular complexity index is 1290. The van der Waals surface area contributed by atoms with E-state index in [2.05, 4.69) is 47.9 Å². The first-order chi connectivity index (χ1) is 17.4. The molecule has 36 heavy (non-hydrogen) atoms. The van der Waals surface area contributed by atoms with Crippen LogP contribution >= 0.6 is 0 Å². The van der Waals surface area contributed by atoms with E-state index in [0.29, 0.717) is 6.42 Å². The van der Waals surface area contributed by atoms with Crippen molar-refractivity contribution in [3.8, 4) is 0 Å². The average Bonchev–Trinajstić information content (AvgIpc) is 3.20. The third-order valence-electron chi connectivity index (χ3n) is 7.04. The molecule has 1 saturated heterocycles. The Balaban J connectivity index is 1.38. The third-order valence-corrected chi connectivity index (χ3v) is 7.04. The van der Waals surface area contributed by atoms with Crippen molar-refractivity contribution < 1.29 is 9.59 Å². The summed E-state index contributed by atoms with van der Waals surface area (Å²) in [5.41, 5.74) is 6.09. The molecule has 3 aromatic rings. The van der Waals surface area contributed by atoms with Crippen LogP contribution in [0.3, 0.4) is 0 Å². The second-order valence-corrected chi connectivity index (χ2v) is 9.68. The van der Waals surface area contributed by atoms with Crippen molar-refractivity contribution >= 4 is 29.0 Å². The number of piperazine rings is 1. The minimum Gasteiger partial charge on any atom is -0.368 e. The van der Waals surface area contributed by atoms with Crippen LogP contribution in [0.1, 0.15) is 34.0 Å². The van der Waals surface area contributed by atoms with E-state index in [-0.39, 0.29) is 11.7 Å². The summed E-state index contributed by atoms with van der Waals surface area (Å²) in [6.45, 7) is 8.87. The Labute approximate surface area is 212 Å². The molecule has 1 fully saturated rings. The summed E-state index contributed by atoms with van der Waals surface area (Å²) in [5.74, 6) is 0.856. The van der Waals surface area contributed by atoms with E-state index >= 15 is 0 Å². The number of nitrogens with zero attached hydrogens (tertiary/aromatic N) is 4. The zero-order chi connectivity index (χ0) is 25.2. The minimum atomic E-state index is -0.430. The van der Waals surface area contributed by atoms with Crippen molar-refractivity contribution in [2.24, 2.45) is 4.99 Å². The fraction of sp³-hybridized carbons (Fsp3) is 0.300. The molecule has 0 aromatic heterocycles. The van der Waals surface area contributed by atoms with Crippen LogP contribution in [0.15, 0.2) is 77.8 Å². The molecule has 0 saturated carbocycles. The maximum atomic E-state index is 13.7. The van der Waals surface area contributed by atoms with Gasteiger partial charge in [0, 0.05) is 43.9 Å². The van der Waals surface area contributed by atoms with Gasteiger partial charge in [0.1, 0.15) is 6.04 Å². The Kier molecular flexibility index (Phi) is 6.59. The number of carbonyl (C=O) groups excluding carboxylic acids is 2. The molecule has 2 aliphatic heterocycles. The van der Waals surface area contributed by atoms with E-state index in [0.717, 1.165) is 60.2 Å². The molecule has 0 N–H and O–H groups in total. The summed E-state index contributed by atoms with van der Waals surface area (Å²) in [5, 5.41) is 0. The van der Waals surface area contributed by atoms with Crippen LogP contribution in [0.5, 0.6) is 0 Å². The summed E-state index contributed by atoms with van der Waals surface area (Å²) < 4.78 is 0. The number of benzene rings is 3. The average molecular weight is 481 g/mol. The summed E-state index contributed by atoms with van der Waals surface area (Å²) in [7, 11) is 0. The molecule has 2 aliphatic rings. The predicted octanol–water partition coefficient (Wildman–Crippen LogP) is 4.64. The molecule has 0 bridgehead atoms. The number of guanidine groups is 1. The van der Waals surface area contributed by atoms with E-state index in [4.69, 9.17) is 4.99 Å². The summed E-state index contributed by atoms with van der Waals surface area (Å²) in [6, 6.07) is 23.7. The minimum absolute atomic E-state index is 0.0306. The Morgan fingerprint density at radius 3 is 2.19 bits per heavy atom. The standard InChI is InChI=1S/C30H32N4O2/c1-21-9-14-28(22(2)19-21)34-29(36)27(20-24-7-5-4-6-8-24)31-30(34)33-17-15-32(16-18-33)26-12-10-25(11-13-26)23(3)35/h4-14,19,27H,15-18,20H2,1-3H3. The Morgan fingerprint density at radius 2 is 1.56 bits per heavy atom. The zero-order valence-corrected chi connectivity index (χ0v) is 21.1. The van der Waals surface area contributed by atoms with Crippen LogP contribution in [0, 0.1) is 13.8 Å². The quantitative estimate of drug-likeness (QED) is 0.499. The molecule has 3 aromatic carbocycles. The molecule has 184 valence electrons. The predicted molar refractivity (Wildman–Crippen MR) is 145 cm³/mol. The van der Waals surface area contributed by atoms with Crippen LogP contribution in [0.2, 0.25) is 0 Å². The molecule has 1 atom stereocenters. The van der Waals surface area contributed by atoms with E-state index in [9.17, 15) is 9.59 Å². The summed E-state index contributed by atoms with van der Waals surface area (Å²) in [4.78, 5) is 36.7. The molecule has 0 radical (unpaired) electrons. The number of hydrogen-bond donors (Lipinski definition) is 0. The van der Waals surface area contributed by atoms with Crippen LogP contribution in [0.4, 0.5) is 11.4 Å².